The van der Waals surface area contributed by atoms with E-state index in [-0.39, 0.29) is 12.2 Å². The third-order valence-electron chi connectivity index (χ3n) is 5.16. The maximum Gasteiger partial charge on any atom is 0.129 e. The van der Waals surface area contributed by atoms with Gasteiger partial charge in [0.15, 0.2) is 0 Å². The van der Waals surface area contributed by atoms with Crippen LogP contribution in [0.1, 0.15) is 13.8 Å². The third-order valence-corrected chi connectivity index (χ3v) is 5.16. The molecule has 142 valence electrons. The number of pyridine rings is 1. The molecule has 1 aromatic carbocycles. The second-order valence-electron chi connectivity index (χ2n) is 7.38. The topological polar surface area (TPSA) is 82.7 Å². The number of hydrogen-bond donors (Lipinski definition) is 2. The number of nitrogens with one attached hydrogen (secondary N) is 2. The van der Waals surface area contributed by atoms with E-state index in [0.29, 0.717) is 0 Å². The molecule has 4 aromatic rings. The second-order valence-corrected chi connectivity index (χ2v) is 7.38. The van der Waals surface area contributed by atoms with Crippen molar-refractivity contribution in [3.05, 3.63) is 48.9 Å². The third kappa shape index (κ3) is 3.03. The number of fused-ring (bicyclic) bond motifs is 1. The van der Waals surface area contributed by atoms with Crippen molar-refractivity contribution >= 4 is 16.7 Å². The van der Waals surface area contributed by atoms with Crippen LogP contribution in [0.5, 0.6) is 0 Å². The monoisotopic (exact) mass is 374 g/mol. The molecule has 2 N–H and O–H groups in total. The number of nitrogens with zero attached hydrogens (tertiary/aromatic N) is 4. The van der Waals surface area contributed by atoms with Gasteiger partial charge in [0.25, 0.3) is 0 Å². The van der Waals surface area contributed by atoms with Crippen LogP contribution >= 0.6 is 0 Å². The van der Waals surface area contributed by atoms with Crippen molar-refractivity contribution in [2.45, 2.75) is 26.1 Å². The second kappa shape index (κ2) is 6.76. The normalized spacial score (nSPS) is 20.0. The molecule has 7 nitrogen and oxygen atoms in total. The van der Waals surface area contributed by atoms with E-state index in [4.69, 9.17) is 4.74 Å². The van der Waals surface area contributed by atoms with E-state index < -0.39 is 0 Å². The fourth-order valence-corrected chi connectivity index (χ4v) is 3.93. The van der Waals surface area contributed by atoms with Crippen molar-refractivity contribution in [1.29, 1.82) is 0 Å². The van der Waals surface area contributed by atoms with E-state index in [9.17, 15) is 0 Å². The Kier molecular flexibility index (Phi) is 4.09. The van der Waals surface area contributed by atoms with Gasteiger partial charge in [-0.1, -0.05) is 6.07 Å². The van der Waals surface area contributed by atoms with Crippen molar-refractivity contribution in [1.82, 2.24) is 25.4 Å². The van der Waals surface area contributed by atoms with Crippen LogP contribution in [-0.4, -0.2) is 50.7 Å². The van der Waals surface area contributed by atoms with Gasteiger partial charge >= 0.3 is 0 Å². The minimum Gasteiger partial charge on any atom is -0.372 e. The van der Waals surface area contributed by atoms with Crippen LogP contribution in [0.4, 0.5) is 5.82 Å². The Balaban J connectivity index is 1.54. The Morgan fingerprint density at radius 3 is 2.68 bits per heavy atom. The molecule has 0 amide bonds. The fraction of sp³-hybridized carbons (Fsp3) is 0.286. The van der Waals surface area contributed by atoms with Gasteiger partial charge in [0.1, 0.15) is 11.5 Å². The molecule has 2 atom stereocenters. The molecule has 0 aliphatic carbocycles. The lowest BCUT2D eigenvalue weighted by atomic mass is 10.0. The van der Waals surface area contributed by atoms with Crippen LogP contribution in [0, 0.1) is 0 Å². The molecule has 1 aliphatic rings. The number of aromatic nitrogens is 5. The molecular weight excluding hydrogens is 352 g/mol. The van der Waals surface area contributed by atoms with Crippen molar-refractivity contribution in [2.24, 2.45) is 0 Å². The highest BCUT2D eigenvalue weighted by Crippen LogP contribution is 2.31. The summed E-state index contributed by atoms with van der Waals surface area (Å²) in [5, 5.41) is 15.7. The quantitative estimate of drug-likeness (QED) is 0.572. The van der Waals surface area contributed by atoms with E-state index in [2.05, 4.69) is 68.4 Å². The Morgan fingerprint density at radius 1 is 1.04 bits per heavy atom. The lowest BCUT2D eigenvalue weighted by Crippen LogP contribution is -2.45. The highest BCUT2D eigenvalue weighted by molar-refractivity contribution is 5.95. The van der Waals surface area contributed by atoms with E-state index in [1.54, 1.807) is 0 Å². The lowest BCUT2D eigenvalue weighted by molar-refractivity contribution is -0.00545. The highest BCUT2D eigenvalue weighted by Gasteiger charge is 2.23. The minimum atomic E-state index is 0.193. The first-order valence-electron chi connectivity index (χ1n) is 9.51. The van der Waals surface area contributed by atoms with Gasteiger partial charge in [-0.2, -0.15) is 10.2 Å². The first-order valence-corrected chi connectivity index (χ1v) is 9.51. The number of ether oxygens (including phenoxy) is 1. The maximum absolute atomic E-state index is 5.85. The number of hydrogen-bond acceptors (Lipinski definition) is 5. The van der Waals surface area contributed by atoms with Crippen LogP contribution in [0.15, 0.2) is 48.9 Å². The van der Waals surface area contributed by atoms with Crippen molar-refractivity contribution in [2.75, 3.05) is 18.0 Å². The molecule has 0 spiro atoms. The van der Waals surface area contributed by atoms with Crippen LogP contribution in [-0.2, 0) is 4.74 Å². The molecule has 1 saturated heterocycles. The number of benzene rings is 1. The average molecular weight is 374 g/mol. The summed E-state index contributed by atoms with van der Waals surface area (Å²) in [5.41, 5.74) is 5.15. The van der Waals surface area contributed by atoms with E-state index >= 15 is 0 Å². The summed E-state index contributed by atoms with van der Waals surface area (Å²) in [4.78, 5) is 6.89. The SMILES string of the molecule is C[C@@H]1CN(c2cc(-c3n[nH]c4ccc(-c5cn[nH]c5)cc34)ccn2)C[C@H](C)O1. The van der Waals surface area contributed by atoms with Gasteiger partial charge in [-0.05, 0) is 43.7 Å². The van der Waals surface area contributed by atoms with E-state index in [1.165, 1.54) is 0 Å². The summed E-state index contributed by atoms with van der Waals surface area (Å²) in [6.45, 7) is 5.88. The fourth-order valence-electron chi connectivity index (χ4n) is 3.93. The number of aromatic amines is 2. The number of rotatable bonds is 3. The number of anilines is 1. The van der Waals surface area contributed by atoms with Gasteiger partial charge < -0.3 is 9.64 Å². The summed E-state index contributed by atoms with van der Waals surface area (Å²) >= 11 is 0. The highest BCUT2D eigenvalue weighted by atomic mass is 16.5. The Morgan fingerprint density at radius 2 is 1.89 bits per heavy atom. The Bertz CT molecular complexity index is 1090. The molecule has 7 heteroatoms. The predicted octanol–water partition coefficient (Wildman–Crippen LogP) is 3.63. The van der Waals surface area contributed by atoms with Crippen molar-refractivity contribution < 1.29 is 4.74 Å². The molecule has 1 aliphatic heterocycles. The van der Waals surface area contributed by atoms with E-state index in [0.717, 1.165) is 52.2 Å². The zero-order valence-electron chi connectivity index (χ0n) is 15.9. The summed E-state index contributed by atoms with van der Waals surface area (Å²) in [7, 11) is 0. The summed E-state index contributed by atoms with van der Waals surface area (Å²) in [6, 6.07) is 10.4. The van der Waals surface area contributed by atoms with Crippen molar-refractivity contribution in [3.8, 4) is 22.4 Å². The molecule has 0 radical (unpaired) electrons. The molecule has 0 unspecified atom stereocenters. The van der Waals surface area contributed by atoms with Crippen molar-refractivity contribution in [3.63, 3.8) is 0 Å². The van der Waals surface area contributed by atoms with Gasteiger partial charge in [0.2, 0.25) is 0 Å². The zero-order chi connectivity index (χ0) is 19.1. The summed E-state index contributed by atoms with van der Waals surface area (Å²) in [5.74, 6) is 0.960. The van der Waals surface area contributed by atoms with Gasteiger partial charge in [0.05, 0.1) is 23.9 Å². The molecule has 3 aromatic heterocycles. The van der Waals surface area contributed by atoms with Gasteiger partial charge in [-0.15, -0.1) is 0 Å². The molecule has 5 rings (SSSR count). The Hall–Kier alpha value is -3.19. The average Bonchev–Trinajstić information content (AvgIpc) is 3.37. The van der Waals surface area contributed by atoms with Crippen LogP contribution in [0.3, 0.4) is 0 Å². The number of H-pyrrole nitrogens is 2. The van der Waals surface area contributed by atoms with Crippen LogP contribution in [0.2, 0.25) is 0 Å². The lowest BCUT2D eigenvalue weighted by Gasteiger charge is -2.36. The first-order chi connectivity index (χ1) is 13.7. The van der Waals surface area contributed by atoms with Gasteiger partial charge in [-0.3, -0.25) is 10.2 Å². The zero-order valence-corrected chi connectivity index (χ0v) is 15.9. The van der Waals surface area contributed by atoms with Gasteiger partial charge in [-0.25, -0.2) is 4.98 Å². The van der Waals surface area contributed by atoms with Gasteiger partial charge in [0, 0.05) is 42.0 Å². The molecule has 0 saturated carbocycles. The summed E-state index contributed by atoms with van der Waals surface area (Å²) < 4.78 is 5.85. The standard InChI is InChI=1S/C21H22N6O/c1-13-11-27(12-14(2)28-13)20-8-16(5-6-22-20)21-18-7-15(17-9-23-24-10-17)3-4-19(18)25-26-21/h3-10,13-14H,11-12H2,1-2H3,(H,23,24)(H,25,26)/t13-,14+. The van der Waals surface area contributed by atoms with Crippen LogP contribution in [0.25, 0.3) is 33.3 Å². The maximum atomic E-state index is 5.85. The number of morpholine rings is 1. The molecule has 28 heavy (non-hydrogen) atoms. The largest absolute Gasteiger partial charge is 0.372 e. The molecule has 1 fully saturated rings. The minimum absolute atomic E-state index is 0.193. The smallest absolute Gasteiger partial charge is 0.129 e. The Labute approximate surface area is 162 Å². The van der Waals surface area contributed by atoms with E-state index in [1.807, 2.05) is 24.7 Å². The first kappa shape index (κ1) is 16.9. The molecular formula is C21H22N6O. The molecule has 0 bridgehead atoms. The van der Waals surface area contributed by atoms with Crippen LogP contribution < -0.4 is 4.90 Å². The predicted molar refractivity (Wildman–Crippen MR) is 109 cm³/mol. The summed E-state index contributed by atoms with van der Waals surface area (Å²) in [6.07, 6.45) is 5.96. The molecule has 4 heterocycles.